The highest BCUT2D eigenvalue weighted by Gasteiger charge is 1.92. The lowest BCUT2D eigenvalue weighted by molar-refractivity contribution is 1.19. The van der Waals surface area contributed by atoms with E-state index >= 15 is 0 Å². The highest BCUT2D eigenvalue weighted by molar-refractivity contribution is 5.25. The van der Waals surface area contributed by atoms with E-state index in [-0.39, 0.29) is 0 Å². The van der Waals surface area contributed by atoms with Gasteiger partial charge in [0, 0.05) is 0 Å². The van der Waals surface area contributed by atoms with Crippen LogP contribution in [0.5, 0.6) is 0 Å². The zero-order valence-electron chi connectivity index (χ0n) is 7.48. The summed E-state index contributed by atoms with van der Waals surface area (Å²) < 4.78 is 0. The van der Waals surface area contributed by atoms with E-state index < -0.39 is 0 Å². The van der Waals surface area contributed by atoms with Crippen molar-refractivity contribution in [1.82, 2.24) is 0 Å². The van der Waals surface area contributed by atoms with Gasteiger partial charge in [-0.3, -0.25) is 0 Å². The van der Waals surface area contributed by atoms with Gasteiger partial charge in [-0.1, -0.05) is 60.7 Å². The number of hydrogen-bond donors (Lipinski definition) is 0. The van der Waals surface area contributed by atoms with Crippen LogP contribution in [0.3, 0.4) is 0 Å². The first-order chi connectivity index (χ1) is 6.45. The first-order valence-corrected chi connectivity index (χ1v) is 4.53. The summed E-state index contributed by atoms with van der Waals surface area (Å²) in [5.41, 5.74) is 2.74. The van der Waals surface area contributed by atoms with Crippen molar-refractivity contribution >= 4 is 0 Å². The van der Waals surface area contributed by atoms with Crippen molar-refractivity contribution in [3.8, 4) is 0 Å². The van der Waals surface area contributed by atoms with Gasteiger partial charge in [0.05, 0.1) is 0 Å². The van der Waals surface area contributed by atoms with Gasteiger partial charge in [-0.2, -0.15) is 0 Å². The molecule has 0 radical (unpaired) electrons. The Morgan fingerprint density at radius 2 is 1.38 bits per heavy atom. The minimum absolute atomic E-state index is 1.03. The monoisotopic (exact) mass is 170 g/mol. The third kappa shape index (κ3) is 2.19. The van der Waals surface area contributed by atoms with Crippen molar-refractivity contribution < 1.29 is 0 Å². The minimum Gasteiger partial charge on any atom is -0.0622 e. The van der Waals surface area contributed by atoms with E-state index in [1.165, 1.54) is 11.1 Å². The molecule has 0 fully saturated rings. The van der Waals surface area contributed by atoms with Crippen LogP contribution in [-0.4, -0.2) is 0 Å². The molecule has 0 N–H and O–H groups in total. The van der Waals surface area contributed by atoms with Crippen LogP contribution < -0.4 is 0 Å². The van der Waals surface area contributed by atoms with Gasteiger partial charge in [0.1, 0.15) is 0 Å². The van der Waals surface area contributed by atoms with Crippen molar-refractivity contribution in [3.63, 3.8) is 0 Å². The second-order valence-electron chi connectivity index (χ2n) is 3.15. The van der Waals surface area contributed by atoms with Crippen molar-refractivity contribution in [2.45, 2.75) is 6.42 Å². The van der Waals surface area contributed by atoms with Crippen LogP contribution >= 0.6 is 0 Å². The number of hydrogen-bond acceptors (Lipinski definition) is 0. The van der Waals surface area contributed by atoms with Gasteiger partial charge in [0.15, 0.2) is 0 Å². The molecule has 0 saturated carbocycles. The normalized spacial score (nSPS) is 9.85. The van der Waals surface area contributed by atoms with Crippen molar-refractivity contribution in [1.29, 1.82) is 0 Å². The Kier molecular flexibility index (Phi) is 2.42. The van der Waals surface area contributed by atoms with Crippen LogP contribution in [0.1, 0.15) is 11.1 Å². The molecule has 0 aliphatic rings. The Hall–Kier alpha value is -1.56. The lowest BCUT2D eigenvalue weighted by Crippen LogP contribution is -1.85. The van der Waals surface area contributed by atoms with Crippen LogP contribution in [-0.2, 0) is 6.42 Å². The van der Waals surface area contributed by atoms with Crippen LogP contribution in [0.4, 0.5) is 0 Å². The molecule has 0 aliphatic carbocycles. The van der Waals surface area contributed by atoms with Gasteiger partial charge >= 0.3 is 0 Å². The molecule has 0 unspecified atom stereocenters. The predicted molar refractivity (Wildman–Crippen MR) is 55.7 cm³/mol. The van der Waals surface area contributed by atoms with E-state index in [9.17, 15) is 0 Å². The maximum absolute atomic E-state index is 2.16. The van der Waals surface area contributed by atoms with Crippen LogP contribution in [0.2, 0.25) is 0 Å². The molecule has 2 rings (SSSR count). The fourth-order valence-electron chi connectivity index (χ4n) is 1.43. The molecule has 13 heavy (non-hydrogen) atoms. The highest BCUT2D eigenvalue weighted by Crippen LogP contribution is 2.07. The first-order valence-electron chi connectivity index (χ1n) is 4.53. The topological polar surface area (TPSA) is 0 Å². The Labute approximate surface area is 78.9 Å². The molecule has 0 heteroatoms. The van der Waals surface area contributed by atoms with Crippen molar-refractivity contribution in [2.75, 3.05) is 0 Å². The fraction of sp³-hybridized carbons (Fsp3) is 0.0769. The molecule has 0 spiro atoms. The summed E-state index contributed by atoms with van der Waals surface area (Å²) in [5, 5.41) is 0. The molecule has 2 aromatic carbocycles. The van der Waals surface area contributed by atoms with E-state index in [2.05, 4.69) is 60.7 Å². The molecule has 64 valence electrons. The Balaban J connectivity index is 2.16. The zero-order valence-corrected chi connectivity index (χ0v) is 7.48. The van der Waals surface area contributed by atoms with E-state index in [0.717, 1.165) is 6.42 Å². The summed E-state index contributed by atoms with van der Waals surface area (Å²) >= 11 is 0. The SMILES string of the molecule is c1ccc(C[14c]2ccccc2)cc1. The van der Waals surface area contributed by atoms with Gasteiger partial charge in [-0.25, -0.2) is 0 Å². The van der Waals surface area contributed by atoms with Crippen LogP contribution in [0.15, 0.2) is 60.7 Å². The lowest BCUT2D eigenvalue weighted by atomic mass is 10.2. The summed E-state index contributed by atoms with van der Waals surface area (Å²) in [6, 6.07) is 21.1. The first kappa shape index (κ1) is 8.06. The smallest absolute Gasteiger partial charge is 0.00258 e. The zero-order chi connectivity index (χ0) is 8.93. The van der Waals surface area contributed by atoms with Gasteiger partial charge in [0.25, 0.3) is 0 Å². The Morgan fingerprint density at radius 3 is 2.08 bits per heavy atom. The van der Waals surface area contributed by atoms with Gasteiger partial charge in [-0.05, 0) is 17.5 Å². The molecule has 0 nitrogen and oxygen atoms in total. The molecule has 0 aromatic heterocycles. The summed E-state index contributed by atoms with van der Waals surface area (Å²) in [6.07, 6.45) is 1.03. The summed E-state index contributed by atoms with van der Waals surface area (Å²) in [5.74, 6) is 0. The van der Waals surface area contributed by atoms with Crippen molar-refractivity contribution in [2.24, 2.45) is 0 Å². The average Bonchev–Trinajstić information content (AvgIpc) is 2.21. The molecule has 2 aromatic rings. The van der Waals surface area contributed by atoms with Crippen LogP contribution in [0, 0.1) is 0 Å². The quantitative estimate of drug-likeness (QED) is 0.648. The van der Waals surface area contributed by atoms with Gasteiger partial charge in [0.2, 0.25) is 0 Å². The van der Waals surface area contributed by atoms with Crippen molar-refractivity contribution in [3.05, 3.63) is 71.8 Å². The molecule has 0 atom stereocenters. The van der Waals surface area contributed by atoms with Gasteiger partial charge < -0.3 is 0 Å². The number of rotatable bonds is 2. The van der Waals surface area contributed by atoms with Gasteiger partial charge in [-0.15, -0.1) is 0 Å². The third-order valence-electron chi connectivity index (χ3n) is 2.09. The number of benzene rings is 2. The molecule has 0 heterocycles. The average molecular weight is 170 g/mol. The van der Waals surface area contributed by atoms with E-state index in [4.69, 9.17) is 0 Å². The fourth-order valence-corrected chi connectivity index (χ4v) is 1.43. The molecule has 0 saturated heterocycles. The maximum Gasteiger partial charge on any atom is -0.00258 e. The summed E-state index contributed by atoms with van der Waals surface area (Å²) in [6.45, 7) is 0. The largest absolute Gasteiger partial charge is 0.0622 e. The Morgan fingerprint density at radius 1 is 0.769 bits per heavy atom. The third-order valence-corrected chi connectivity index (χ3v) is 2.09. The second-order valence-corrected chi connectivity index (χ2v) is 3.15. The molecular formula is C13H12. The summed E-state index contributed by atoms with van der Waals surface area (Å²) in [4.78, 5) is 0. The van der Waals surface area contributed by atoms with E-state index in [1.54, 1.807) is 0 Å². The molecule has 0 bridgehead atoms. The summed E-state index contributed by atoms with van der Waals surface area (Å²) in [7, 11) is 0. The maximum atomic E-state index is 2.16. The molecule has 0 aliphatic heterocycles. The highest BCUT2D eigenvalue weighted by atomic mass is 14.9. The lowest BCUT2D eigenvalue weighted by Gasteiger charge is -2.00. The van der Waals surface area contributed by atoms with E-state index in [1.807, 2.05) is 0 Å². The second kappa shape index (κ2) is 3.90. The predicted octanol–water partition coefficient (Wildman–Crippen LogP) is 3.28. The standard InChI is InChI=1S/C13H12/c1-3-7-12(8-4-1)11-13-9-5-2-6-10-13/h1-10H,11H2/i12+2. The van der Waals surface area contributed by atoms with Crippen LogP contribution in [0.25, 0.3) is 0 Å². The molecule has 0 amide bonds. The molecular weight excluding hydrogens is 158 g/mol. The Bertz CT molecular complexity index is 311. The minimum atomic E-state index is 1.03. The van der Waals surface area contributed by atoms with E-state index in [0.29, 0.717) is 0 Å².